The van der Waals surface area contributed by atoms with Crippen molar-refractivity contribution < 1.29 is 13.9 Å². The van der Waals surface area contributed by atoms with E-state index in [0.717, 1.165) is 54.2 Å². The number of para-hydroxylation sites is 1. The Hall–Kier alpha value is -3.32. The first-order valence-corrected chi connectivity index (χ1v) is 11.2. The molecule has 0 unspecified atom stereocenters. The summed E-state index contributed by atoms with van der Waals surface area (Å²) >= 11 is 0. The number of amides is 1. The Balaban J connectivity index is 1.46. The summed E-state index contributed by atoms with van der Waals surface area (Å²) in [7, 11) is 1.71. The number of aromatic nitrogens is 2. The lowest BCUT2D eigenvalue weighted by Crippen LogP contribution is -2.27. The lowest BCUT2D eigenvalue weighted by atomic mass is 10.1. The van der Waals surface area contributed by atoms with Crippen LogP contribution in [0.2, 0.25) is 0 Å². The number of hydrogen-bond acceptors (Lipinski definition) is 5. The van der Waals surface area contributed by atoms with Crippen LogP contribution in [-0.2, 0) is 13.1 Å². The zero-order chi connectivity index (χ0) is 23.4. The molecule has 0 radical (unpaired) electrons. The van der Waals surface area contributed by atoms with E-state index in [0.29, 0.717) is 17.8 Å². The van der Waals surface area contributed by atoms with Gasteiger partial charge < -0.3 is 10.1 Å². The first-order valence-electron chi connectivity index (χ1n) is 11.2. The van der Waals surface area contributed by atoms with Gasteiger partial charge in [-0.05, 0) is 56.5 Å². The minimum atomic E-state index is -0.299. The van der Waals surface area contributed by atoms with Crippen molar-refractivity contribution in [3.63, 3.8) is 0 Å². The van der Waals surface area contributed by atoms with Crippen LogP contribution in [0.5, 0.6) is 5.75 Å². The number of rotatable bonds is 7. The van der Waals surface area contributed by atoms with Gasteiger partial charge >= 0.3 is 0 Å². The van der Waals surface area contributed by atoms with Gasteiger partial charge in [0.2, 0.25) is 0 Å². The van der Waals surface area contributed by atoms with E-state index in [1.54, 1.807) is 25.4 Å². The average Bonchev–Trinajstić information content (AvgIpc) is 3.27. The molecule has 3 aromatic rings. The number of likely N-dealkylation sites (tertiary alicyclic amines) is 1. The molecule has 1 saturated heterocycles. The molecule has 0 aliphatic carbocycles. The number of benzene rings is 2. The monoisotopic (exact) mass is 448 g/mol. The van der Waals surface area contributed by atoms with Gasteiger partial charge in [0.15, 0.2) is 0 Å². The Morgan fingerprint density at radius 1 is 1.21 bits per heavy atom. The van der Waals surface area contributed by atoms with E-state index < -0.39 is 0 Å². The molecular weight excluding hydrogens is 419 g/mol. The van der Waals surface area contributed by atoms with Crippen LogP contribution in [0.1, 0.15) is 57.5 Å². The molecule has 1 aliphatic heterocycles. The van der Waals surface area contributed by atoms with Crippen molar-refractivity contribution in [3.05, 3.63) is 88.3 Å². The van der Waals surface area contributed by atoms with Gasteiger partial charge in [-0.15, -0.1) is 0 Å². The second-order valence-corrected chi connectivity index (χ2v) is 8.43. The lowest BCUT2D eigenvalue weighted by Gasteiger charge is -2.25. The molecule has 33 heavy (non-hydrogen) atoms. The third-order valence-electron chi connectivity index (χ3n) is 6.14. The van der Waals surface area contributed by atoms with Crippen LogP contribution in [0, 0.1) is 19.7 Å². The Bertz CT molecular complexity index is 1130. The van der Waals surface area contributed by atoms with Crippen molar-refractivity contribution in [2.75, 3.05) is 13.7 Å². The molecule has 0 saturated carbocycles. The van der Waals surface area contributed by atoms with Crippen LogP contribution in [0.3, 0.4) is 0 Å². The maximum atomic E-state index is 13.1. The van der Waals surface area contributed by atoms with Crippen LogP contribution in [0.15, 0.2) is 48.7 Å². The van der Waals surface area contributed by atoms with Gasteiger partial charge in [0.05, 0.1) is 24.4 Å². The summed E-state index contributed by atoms with van der Waals surface area (Å²) < 4.78 is 18.7. The predicted molar refractivity (Wildman–Crippen MR) is 124 cm³/mol. The molecule has 7 heteroatoms. The number of carbonyl (C=O) groups excluding carboxylic acids is 1. The highest BCUT2D eigenvalue weighted by atomic mass is 19.1. The molecule has 1 N–H and O–H groups in total. The number of hydrogen-bond donors (Lipinski definition) is 1. The Kier molecular flexibility index (Phi) is 6.99. The van der Waals surface area contributed by atoms with Crippen molar-refractivity contribution in [3.8, 4) is 5.75 Å². The summed E-state index contributed by atoms with van der Waals surface area (Å²) in [6.07, 6.45) is 3.66. The number of ether oxygens (including phenoxy) is 1. The number of carbonyl (C=O) groups is 1. The maximum absolute atomic E-state index is 13.1. The molecule has 1 aromatic heterocycles. The highest BCUT2D eigenvalue weighted by Gasteiger charge is 2.29. The predicted octanol–water partition coefficient (Wildman–Crippen LogP) is 4.51. The van der Waals surface area contributed by atoms with Gasteiger partial charge in [0.25, 0.3) is 5.91 Å². The van der Waals surface area contributed by atoms with Crippen molar-refractivity contribution in [2.24, 2.45) is 0 Å². The van der Waals surface area contributed by atoms with E-state index in [2.05, 4.69) is 40.3 Å². The molecule has 1 aliphatic rings. The van der Waals surface area contributed by atoms with Crippen LogP contribution in [0.4, 0.5) is 4.39 Å². The zero-order valence-corrected chi connectivity index (χ0v) is 19.3. The molecule has 1 amide bonds. The molecule has 172 valence electrons. The smallest absolute Gasteiger partial charge is 0.254 e. The van der Waals surface area contributed by atoms with Crippen LogP contribution >= 0.6 is 0 Å². The standard InChI is InChI=1S/C26H29FN4O2/c1-17-6-4-7-20(24(17)33-3)16-31-13-5-8-23(31)25-28-15-22(18(2)30-25)26(32)29-14-19-9-11-21(27)12-10-19/h4,6-7,9-12,15,23H,5,8,13-14,16H2,1-3H3,(H,29,32)/t23-/m0/s1. The summed E-state index contributed by atoms with van der Waals surface area (Å²) in [5.74, 6) is 1.13. The van der Waals surface area contributed by atoms with E-state index in [4.69, 9.17) is 9.72 Å². The fourth-order valence-corrected chi connectivity index (χ4v) is 4.40. The molecule has 1 atom stereocenters. The van der Waals surface area contributed by atoms with E-state index in [1.807, 2.05) is 6.92 Å². The number of nitrogens with zero attached hydrogens (tertiary/aromatic N) is 3. The minimum Gasteiger partial charge on any atom is -0.496 e. The maximum Gasteiger partial charge on any atom is 0.254 e. The molecule has 4 rings (SSSR count). The van der Waals surface area contributed by atoms with E-state index in [1.165, 1.54) is 12.1 Å². The zero-order valence-electron chi connectivity index (χ0n) is 19.3. The summed E-state index contributed by atoms with van der Waals surface area (Å²) in [4.78, 5) is 24.3. The van der Waals surface area contributed by atoms with Crippen molar-refractivity contribution in [1.29, 1.82) is 0 Å². The second-order valence-electron chi connectivity index (χ2n) is 8.43. The topological polar surface area (TPSA) is 67.3 Å². The Morgan fingerprint density at radius 3 is 2.73 bits per heavy atom. The van der Waals surface area contributed by atoms with E-state index in [-0.39, 0.29) is 17.8 Å². The number of methoxy groups -OCH3 is 1. The summed E-state index contributed by atoms with van der Waals surface area (Å²) in [5, 5.41) is 2.86. The summed E-state index contributed by atoms with van der Waals surface area (Å²) in [6, 6.07) is 12.4. The van der Waals surface area contributed by atoms with Crippen LogP contribution in [-0.4, -0.2) is 34.4 Å². The number of nitrogens with one attached hydrogen (secondary N) is 1. The van der Waals surface area contributed by atoms with Gasteiger partial charge in [-0.3, -0.25) is 9.69 Å². The Morgan fingerprint density at radius 2 is 2.00 bits per heavy atom. The van der Waals surface area contributed by atoms with Crippen LogP contribution < -0.4 is 10.1 Å². The highest BCUT2D eigenvalue weighted by molar-refractivity contribution is 5.94. The number of halogens is 1. The molecular formula is C26H29FN4O2. The van der Waals surface area contributed by atoms with E-state index in [9.17, 15) is 9.18 Å². The lowest BCUT2D eigenvalue weighted by molar-refractivity contribution is 0.0949. The summed E-state index contributed by atoms with van der Waals surface area (Å²) in [6.45, 7) is 5.92. The van der Waals surface area contributed by atoms with Gasteiger partial charge in [0.1, 0.15) is 17.4 Å². The molecule has 0 bridgehead atoms. The third-order valence-corrected chi connectivity index (χ3v) is 6.14. The fourth-order valence-electron chi connectivity index (χ4n) is 4.40. The molecule has 0 spiro atoms. The molecule has 2 heterocycles. The second kappa shape index (κ2) is 10.1. The summed E-state index contributed by atoms with van der Waals surface area (Å²) in [5.41, 5.74) is 4.20. The highest BCUT2D eigenvalue weighted by Crippen LogP contribution is 2.34. The van der Waals surface area contributed by atoms with E-state index >= 15 is 0 Å². The first kappa shape index (κ1) is 22.9. The normalized spacial score (nSPS) is 16.1. The van der Waals surface area contributed by atoms with Crippen LogP contribution in [0.25, 0.3) is 0 Å². The van der Waals surface area contributed by atoms with Crippen molar-refractivity contribution in [2.45, 2.75) is 45.8 Å². The number of aryl methyl sites for hydroxylation is 2. The Labute approximate surface area is 193 Å². The van der Waals surface area contributed by atoms with Crippen molar-refractivity contribution >= 4 is 5.91 Å². The van der Waals surface area contributed by atoms with Gasteiger partial charge in [-0.25, -0.2) is 14.4 Å². The fraction of sp³-hybridized carbons (Fsp3) is 0.346. The first-order chi connectivity index (χ1) is 16.0. The minimum absolute atomic E-state index is 0.102. The quantitative estimate of drug-likeness (QED) is 0.576. The molecule has 6 nitrogen and oxygen atoms in total. The van der Waals surface area contributed by atoms with Gasteiger partial charge in [-0.1, -0.05) is 30.3 Å². The molecule has 2 aromatic carbocycles. The van der Waals surface area contributed by atoms with Crippen molar-refractivity contribution in [1.82, 2.24) is 20.2 Å². The third kappa shape index (κ3) is 5.20. The SMILES string of the molecule is COc1c(C)cccc1CN1CCC[C@H]1c1ncc(C(=O)NCc2ccc(F)cc2)c(C)n1. The van der Waals surface area contributed by atoms with Gasteiger partial charge in [-0.2, -0.15) is 0 Å². The largest absolute Gasteiger partial charge is 0.496 e. The van der Waals surface area contributed by atoms with Gasteiger partial charge in [0, 0.05) is 24.8 Å². The molecule has 1 fully saturated rings. The average molecular weight is 449 g/mol.